The van der Waals surface area contributed by atoms with Crippen LogP contribution in [0.2, 0.25) is 0 Å². The van der Waals surface area contributed by atoms with E-state index < -0.39 is 0 Å². The van der Waals surface area contributed by atoms with E-state index in [4.69, 9.17) is 9.84 Å². The summed E-state index contributed by atoms with van der Waals surface area (Å²) in [5, 5.41) is 9.51. The first-order valence-electron chi connectivity index (χ1n) is 11.9. The molecule has 3 aromatic rings. The number of anilines is 2. The molecule has 172 valence electrons. The van der Waals surface area contributed by atoms with Crippen LogP contribution in [-0.2, 0) is 36.0 Å². The van der Waals surface area contributed by atoms with Gasteiger partial charge in [0.15, 0.2) is 5.82 Å². The fourth-order valence-electron chi connectivity index (χ4n) is 5.50. The quantitative estimate of drug-likeness (QED) is 0.618. The van der Waals surface area contributed by atoms with Gasteiger partial charge >= 0.3 is 0 Å². The summed E-state index contributed by atoms with van der Waals surface area (Å²) in [7, 11) is 1.95. The van der Waals surface area contributed by atoms with E-state index in [0.717, 1.165) is 63.4 Å². The maximum Gasteiger partial charge on any atom is 0.219 e. The van der Waals surface area contributed by atoms with Crippen molar-refractivity contribution >= 4 is 17.4 Å². The summed E-state index contributed by atoms with van der Waals surface area (Å²) < 4.78 is 9.74. The number of carbonyl (C=O) groups excluding carboxylic acids is 1. The molecule has 0 N–H and O–H groups in total. The average molecular weight is 447 g/mol. The van der Waals surface area contributed by atoms with Gasteiger partial charge in [0.05, 0.1) is 25.4 Å². The van der Waals surface area contributed by atoms with Gasteiger partial charge in [-0.3, -0.25) is 14.2 Å². The molecule has 0 aliphatic carbocycles. The van der Waals surface area contributed by atoms with Crippen LogP contribution in [0.1, 0.15) is 42.6 Å². The van der Waals surface area contributed by atoms with Gasteiger partial charge < -0.3 is 14.5 Å². The molecule has 6 rings (SSSR count). The van der Waals surface area contributed by atoms with Gasteiger partial charge in [-0.25, -0.2) is 0 Å². The molecular weight excluding hydrogens is 416 g/mol. The molecule has 5 heterocycles. The normalized spacial score (nSPS) is 20.1. The zero-order valence-electron chi connectivity index (χ0n) is 19.3. The van der Waals surface area contributed by atoms with Crippen LogP contribution >= 0.6 is 0 Å². The highest BCUT2D eigenvalue weighted by Crippen LogP contribution is 2.40. The summed E-state index contributed by atoms with van der Waals surface area (Å²) >= 11 is 0. The number of ether oxygens (including phenoxy) is 1. The molecule has 1 amide bonds. The largest absolute Gasteiger partial charge is 0.379 e. The van der Waals surface area contributed by atoms with Crippen LogP contribution in [0.4, 0.5) is 11.5 Å². The van der Waals surface area contributed by atoms with Crippen LogP contribution in [0.3, 0.4) is 0 Å². The molecule has 3 aliphatic heterocycles. The zero-order chi connectivity index (χ0) is 22.5. The lowest BCUT2D eigenvalue weighted by Gasteiger charge is -2.32. The molecule has 0 unspecified atom stereocenters. The zero-order valence-corrected chi connectivity index (χ0v) is 19.3. The Bertz CT molecular complexity index is 1210. The minimum Gasteiger partial charge on any atom is -0.379 e. The van der Waals surface area contributed by atoms with Gasteiger partial charge in [-0.2, -0.15) is 10.2 Å². The van der Waals surface area contributed by atoms with Gasteiger partial charge in [0.2, 0.25) is 5.91 Å². The minimum absolute atomic E-state index is 0.128. The molecule has 0 spiro atoms. The number of fused-ring (bicyclic) bond motifs is 2. The van der Waals surface area contributed by atoms with Crippen LogP contribution < -0.4 is 4.90 Å². The van der Waals surface area contributed by atoms with E-state index in [1.807, 2.05) is 22.8 Å². The summed E-state index contributed by atoms with van der Waals surface area (Å²) in [6.07, 6.45) is 7.95. The van der Waals surface area contributed by atoms with E-state index >= 15 is 0 Å². The third-order valence-electron chi connectivity index (χ3n) is 7.25. The molecule has 0 saturated carbocycles. The highest BCUT2D eigenvalue weighted by atomic mass is 16.5. The van der Waals surface area contributed by atoms with Crippen molar-refractivity contribution in [2.75, 3.05) is 31.2 Å². The van der Waals surface area contributed by atoms with Crippen molar-refractivity contribution in [3.8, 4) is 11.1 Å². The highest BCUT2D eigenvalue weighted by molar-refractivity contribution is 5.76. The van der Waals surface area contributed by atoms with Crippen LogP contribution in [0.25, 0.3) is 11.1 Å². The Hall–Kier alpha value is -3.13. The van der Waals surface area contributed by atoms with Crippen molar-refractivity contribution in [2.24, 2.45) is 7.05 Å². The standard InChI is InChI=1S/C25H30N6O2/c1-17(32)29-10-7-24-22(15-29)25(27-31(24)21-8-11-33-16-21)30-9-3-4-19-12-18(5-6-23(19)30)20-13-26-28(2)14-20/h5-6,12-14,21H,3-4,7-11,15-16H2,1-2H3/t21-/m1/s1. The summed E-state index contributed by atoms with van der Waals surface area (Å²) in [6, 6.07) is 7.00. The maximum absolute atomic E-state index is 12.2. The van der Waals surface area contributed by atoms with E-state index in [1.54, 1.807) is 6.92 Å². The van der Waals surface area contributed by atoms with Gasteiger partial charge in [-0.15, -0.1) is 0 Å². The third-order valence-corrected chi connectivity index (χ3v) is 7.25. The molecule has 1 atom stereocenters. The fourth-order valence-corrected chi connectivity index (χ4v) is 5.50. The predicted octanol–water partition coefficient (Wildman–Crippen LogP) is 3.23. The number of nitrogens with zero attached hydrogens (tertiary/aromatic N) is 6. The van der Waals surface area contributed by atoms with Crippen molar-refractivity contribution in [3.05, 3.63) is 47.4 Å². The lowest BCUT2D eigenvalue weighted by molar-refractivity contribution is -0.129. The Kier molecular flexibility index (Phi) is 4.98. The first-order chi connectivity index (χ1) is 16.1. The SMILES string of the molecule is CC(=O)N1CCc2c(c(N3CCCc4cc(-c5cnn(C)c5)ccc43)nn2[C@@H]2CCOC2)C1. The maximum atomic E-state index is 12.2. The number of amides is 1. The Balaban J connectivity index is 1.42. The van der Waals surface area contributed by atoms with Gasteiger partial charge in [-0.05, 0) is 42.5 Å². The summed E-state index contributed by atoms with van der Waals surface area (Å²) in [5.74, 6) is 1.14. The highest BCUT2D eigenvalue weighted by Gasteiger charge is 2.33. The molecule has 1 fully saturated rings. The Morgan fingerprint density at radius 2 is 2.09 bits per heavy atom. The van der Waals surface area contributed by atoms with Crippen molar-refractivity contribution in [1.82, 2.24) is 24.5 Å². The lowest BCUT2D eigenvalue weighted by Crippen LogP contribution is -2.35. The van der Waals surface area contributed by atoms with Gasteiger partial charge in [0.1, 0.15) is 0 Å². The number of hydrogen-bond donors (Lipinski definition) is 0. The van der Waals surface area contributed by atoms with Crippen LogP contribution in [0, 0.1) is 0 Å². The molecule has 3 aliphatic rings. The number of carbonyl (C=O) groups is 1. The molecule has 8 nitrogen and oxygen atoms in total. The number of benzene rings is 1. The molecule has 2 aromatic heterocycles. The second-order valence-corrected chi connectivity index (χ2v) is 9.40. The topological polar surface area (TPSA) is 68.4 Å². The molecular formula is C25H30N6O2. The van der Waals surface area contributed by atoms with Crippen LogP contribution in [0.15, 0.2) is 30.6 Å². The summed E-state index contributed by atoms with van der Waals surface area (Å²) in [4.78, 5) is 16.5. The molecule has 1 aromatic carbocycles. The molecule has 8 heteroatoms. The second kappa shape index (κ2) is 8.02. The lowest BCUT2D eigenvalue weighted by atomic mass is 9.96. The predicted molar refractivity (Wildman–Crippen MR) is 125 cm³/mol. The van der Waals surface area contributed by atoms with E-state index in [2.05, 4.69) is 39.1 Å². The van der Waals surface area contributed by atoms with Gasteiger partial charge in [-0.1, -0.05) is 6.07 Å². The Morgan fingerprint density at radius 3 is 2.85 bits per heavy atom. The number of aromatic nitrogens is 4. The van der Waals surface area contributed by atoms with Crippen molar-refractivity contribution < 1.29 is 9.53 Å². The van der Waals surface area contributed by atoms with E-state index in [9.17, 15) is 4.79 Å². The minimum atomic E-state index is 0.128. The summed E-state index contributed by atoms with van der Waals surface area (Å²) in [5.41, 5.74) is 7.38. The molecule has 0 bridgehead atoms. The van der Waals surface area contributed by atoms with Gasteiger partial charge in [0, 0.05) is 68.8 Å². The van der Waals surface area contributed by atoms with Gasteiger partial charge in [0.25, 0.3) is 0 Å². The van der Waals surface area contributed by atoms with E-state index in [0.29, 0.717) is 6.54 Å². The first-order valence-corrected chi connectivity index (χ1v) is 11.9. The second-order valence-electron chi connectivity index (χ2n) is 9.40. The third kappa shape index (κ3) is 3.53. The first kappa shape index (κ1) is 20.5. The molecule has 0 radical (unpaired) electrons. The molecule has 33 heavy (non-hydrogen) atoms. The van der Waals surface area contributed by atoms with Crippen LogP contribution in [0.5, 0.6) is 0 Å². The smallest absolute Gasteiger partial charge is 0.219 e. The Morgan fingerprint density at radius 1 is 1.18 bits per heavy atom. The molecule has 1 saturated heterocycles. The average Bonchev–Trinajstić information content (AvgIpc) is 3.57. The van der Waals surface area contributed by atoms with E-state index in [-0.39, 0.29) is 11.9 Å². The van der Waals surface area contributed by atoms with Crippen molar-refractivity contribution in [3.63, 3.8) is 0 Å². The monoisotopic (exact) mass is 446 g/mol. The summed E-state index contributed by atoms with van der Waals surface area (Å²) in [6.45, 7) is 5.49. The Labute approximate surface area is 193 Å². The number of rotatable bonds is 3. The van der Waals surface area contributed by atoms with Crippen molar-refractivity contribution in [1.29, 1.82) is 0 Å². The number of aryl methyl sites for hydroxylation is 2. The van der Waals surface area contributed by atoms with Crippen LogP contribution in [-0.4, -0.2) is 56.7 Å². The fraction of sp³-hybridized carbons (Fsp3) is 0.480. The van der Waals surface area contributed by atoms with Crippen molar-refractivity contribution in [2.45, 2.75) is 45.2 Å². The van der Waals surface area contributed by atoms with E-state index in [1.165, 1.54) is 28.1 Å². The number of hydrogen-bond acceptors (Lipinski definition) is 5.